The molecule has 0 bridgehead atoms. The van der Waals surface area contributed by atoms with Crippen LogP contribution in [0.4, 0.5) is 5.69 Å². The highest BCUT2D eigenvalue weighted by Crippen LogP contribution is 2.25. The molecule has 0 unspecified atom stereocenters. The van der Waals surface area contributed by atoms with Crippen molar-refractivity contribution < 1.29 is 0 Å². The first kappa shape index (κ1) is 14.5. The van der Waals surface area contributed by atoms with E-state index in [1.807, 2.05) is 26.1 Å². The van der Waals surface area contributed by atoms with Crippen LogP contribution in [0.5, 0.6) is 0 Å². The number of nitrogens with one attached hydrogen (secondary N) is 1. The summed E-state index contributed by atoms with van der Waals surface area (Å²) >= 11 is 18.2. The first-order valence-electron chi connectivity index (χ1n) is 5.91. The lowest BCUT2D eigenvalue weighted by Crippen LogP contribution is -2.05. The van der Waals surface area contributed by atoms with E-state index in [1.165, 1.54) is 0 Å². The highest BCUT2D eigenvalue weighted by Gasteiger charge is 2.12. The fraction of sp³-hybridized carbons (Fsp3) is 0.308. The zero-order chi connectivity index (χ0) is 14.0. The minimum atomic E-state index is 0.568. The summed E-state index contributed by atoms with van der Waals surface area (Å²) in [7, 11) is 1.88. The van der Waals surface area contributed by atoms with Gasteiger partial charge < -0.3 is 5.32 Å². The van der Waals surface area contributed by atoms with Crippen molar-refractivity contribution in [2.24, 2.45) is 7.05 Å². The quantitative estimate of drug-likeness (QED) is 0.896. The van der Waals surface area contributed by atoms with Crippen LogP contribution in [0.15, 0.2) is 18.2 Å². The van der Waals surface area contributed by atoms with Crippen molar-refractivity contribution in [2.75, 3.05) is 5.32 Å². The van der Waals surface area contributed by atoms with Crippen LogP contribution in [-0.4, -0.2) is 9.78 Å². The van der Waals surface area contributed by atoms with Crippen molar-refractivity contribution >= 4 is 40.5 Å². The zero-order valence-electron chi connectivity index (χ0n) is 10.7. The molecule has 0 aliphatic rings. The van der Waals surface area contributed by atoms with Gasteiger partial charge in [0.05, 0.1) is 23.0 Å². The highest BCUT2D eigenvalue weighted by molar-refractivity contribution is 6.35. The molecular weight excluding hydrogens is 305 g/mol. The summed E-state index contributed by atoms with van der Waals surface area (Å²) in [6.45, 7) is 2.60. The Hall–Kier alpha value is -0.900. The Morgan fingerprint density at radius 1 is 1.16 bits per heavy atom. The van der Waals surface area contributed by atoms with E-state index in [0.717, 1.165) is 23.5 Å². The van der Waals surface area contributed by atoms with Gasteiger partial charge in [-0.1, -0.05) is 41.7 Å². The molecule has 1 aromatic carbocycles. The molecule has 0 saturated heterocycles. The van der Waals surface area contributed by atoms with Gasteiger partial charge in [0.15, 0.2) is 0 Å². The lowest BCUT2D eigenvalue weighted by molar-refractivity contribution is 0.707. The maximum atomic E-state index is 6.28. The van der Waals surface area contributed by atoms with Crippen LogP contribution in [-0.2, 0) is 20.0 Å². The molecule has 0 amide bonds. The molecule has 102 valence electrons. The summed E-state index contributed by atoms with van der Waals surface area (Å²) in [5.41, 5.74) is 2.70. The number of aromatic nitrogens is 2. The van der Waals surface area contributed by atoms with Crippen LogP contribution in [0, 0.1) is 0 Å². The van der Waals surface area contributed by atoms with Gasteiger partial charge in [-0.2, -0.15) is 5.10 Å². The van der Waals surface area contributed by atoms with Crippen LogP contribution in [0.25, 0.3) is 0 Å². The Morgan fingerprint density at radius 2 is 1.79 bits per heavy atom. The predicted octanol–water partition coefficient (Wildman–Crippen LogP) is 4.55. The molecule has 0 radical (unpaired) electrons. The maximum absolute atomic E-state index is 6.28. The summed E-state index contributed by atoms with van der Waals surface area (Å²) in [6.07, 6.45) is 0.815. The van der Waals surface area contributed by atoms with Crippen LogP contribution in [0.1, 0.15) is 18.3 Å². The molecule has 2 rings (SSSR count). The van der Waals surface area contributed by atoms with Crippen LogP contribution in [0.3, 0.4) is 0 Å². The monoisotopic (exact) mass is 317 g/mol. The van der Waals surface area contributed by atoms with Crippen LogP contribution in [0.2, 0.25) is 15.1 Å². The van der Waals surface area contributed by atoms with Crippen molar-refractivity contribution in [3.8, 4) is 0 Å². The van der Waals surface area contributed by atoms with Gasteiger partial charge in [0.1, 0.15) is 0 Å². The smallest absolute Gasteiger partial charge is 0.0868 e. The molecule has 6 heteroatoms. The molecule has 1 heterocycles. The largest absolute Gasteiger partial charge is 0.379 e. The summed E-state index contributed by atoms with van der Waals surface area (Å²) in [5.74, 6) is 0. The van der Waals surface area contributed by atoms with Crippen molar-refractivity contribution in [3.63, 3.8) is 0 Å². The second-order valence-electron chi connectivity index (χ2n) is 4.20. The number of halogens is 3. The van der Waals surface area contributed by atoms with Gasteiger partial charge in [0.25, 0.3) is 0 Å². The first-order chi connectivity index (χ1) is 9.01. The number of benzene rings is 1. The average molecular weight is 319 g/mol. The van der Waals surface area contributed by atoms with E-state index in [1.54, 1.807) is 10.7 Å². The van der Waals surface area contributed by atoms with E-state index in [0.29, 0.717) is 21.6 Å². The molecule has 0 aliphatic carbocycles. The third-order valence-electron chi connectivity index (χ3n) is 2.83. The van der Waals surface area contributed by atoms with E-state index in [-0.39, 0.29) is 0 Å². The molecule has 1 N–H and O–H groups in total. The summed E-state index contributed by atoms with van der Waals surface area (Å²) in [6, 6.07) is 5.33. The van der Waals surface area contributed by atoms with E-state index >= 15 is 0 Å². The minimum absolute atomic E-state index is 0.568. The predicted molar refractivity (Wildman–Crippen MR) is 81.4 cm³/mol. The van der Waals surface area contributed by atoms with Crippen molar-refractivity contribution in [3.05, 3.63) is 44.7 Å². The summed E-state index contributed by atoms with van der Waals surface area (Å²) in [5, 5.41) is 9.52. The summed E-state index contributed by atoms with van der Waals surface area (Å²) in [4.78, 5) is 0. The number of hydrogen-bond acceptors (Lipinski definition) is 2. The SMILES string of the molecule is CCc1nn(C)c(CNc2cc(Cl)cc(Cl)c2)c1Cl. The molecule has 0 atom stereocenters. The van der Waals surface area contributed by atoms with Crippen LogP contribution >= 0.6 is 34.8 Å². The molecule has 0 saturated carbocycles. The van der Waals surface area contributed by atoms with Gasteiger partial charge >= 0.3 is 0 Å². The molecule has 19 heavy (non-hydrogen) atoms. The molecular formula is C13H14Cl3N3. The molecule has 1 aromatic heterocycles. The lowest BCUT2D eigenvalue weighted by Gasteiger charge is -2.08. The highest BCUT2D eigenvalue weighted by atomic mass is 35.5. The van der Waals surface area contributed by atoms with Gasteiger partial charge in [-0.3, -0.25) is 4.68 Å². The van der Waals surface area contributed by atoms with Gasteiger partial charge in [-0.05, 0) is 24.6 Å². The third kappa shape index (κ3) is 3.35. The topological polar surface area (TPSA) is 29.9 Å². The van der Waals surface area contributed by atoms with Crippen LogP contribution < -0.4 is 5.32 Å². The van der Waals surface area contributed by atoms with Crippen molar-refractivity contribution in [1.29, 1.82) is 0 Å². The Labute approximate surface area is 127 Å². The van der Waals surface area contributed by atoms with Gasteiger partial charge in [-0.25, -0.2) is 0 Å². The van der Waals surface area contributed by atoms with E-state index in [4.69, 9.17) is 34.8 Å². The lowest BCUT2D eigenvalue weighted by atomic mass is 10.3. The fourth-order valence-electron chi connectivity index (χ4n) is 1.85. The van der Waals surface area contributed by atoms with Crippen molar-refractivity contribution in [2.45, 2.75) is 19.9 Å². The van der Waals surface area contributed by atoms with Crippen molar-refractivity contribution in [1.82, 2.24) is 9.78 Å². The van der Waals surface area contributed by atoms with E-state index in [2.05, 4.69) is 10.4 Å². The Balaban J connectivity index is 2.16. The molecule has 3 nitrogen and oxygen atoms in total. The molecule has 0 spiro atoms. The van der Waals surface area contributed by atoms with Gasteiger partial charge in [0, 0.05) is 22.8 Å². The maximum Gasteiger partial charge on any atom is 0.0868 e. The fourth-order valence-corrected chi connectivity index (χ4v) is 2.74. The summed E-state index contributed by atoms with van der Waals surface area (Å²) < 4.78 is 1.79. The third-order valence-corrected chi connectivity index (χ3v) is 3.70. The molecule has 2 aromatic rings. The second kappa shape index (κ2) is 6.04. The minimum Gasteiger partial charge on any atom is -0.379 e. The molecule has 0 fully saturated rings. The Morgan fingerprint density at radius 3 is 2.32 bits per heavy atom. The number of anilines is 1. The standard InChI is InChI=1S/C13H14Cl3N3/c1-3-11-13(16)12(19(2)18-11)7-17-10-5-8(14)4-9(15)6-10/h4-6,17H,3,7H2,1-2H3. The average Bonchev–Trinajstić information content (AvgIpc) is 2.61. The molecule has 0 aliphatic heterocycles. The number of nitrogens with zero attached hydrogens (tertiary/aromatic N) is 2. The normalized spacial score (nSPS) is 10.8. The van der Waals surface area contributed by atoms with Gasteiger partial charge in [-0.15, -0.1) is 0 Å². The van der Waals surface area contributed by atoms with E-state index < -0.39 is 0 Å². The number of aryl methyl sites for hydroxylation is 2. The zero-order valence-corrected chi connectivity index (χ0v) is 12.9. The first-order valence-corrected chi connectivity index (χ1v) is 7.05. The Kier molecular flexibility index (Phi) is 4.61. The number of rotatable bonds is 4. The van der Waals surface area contributed by atoms with E-state index in [9.17, 15) is 0 Å². The van der Waals surface area contributed by atoms with Gasteiger partial charge in [0.2, 0.25) is 0 Å². The Bertz CT molecular complexity index is 573. The number of hydrogen-bond donors (Lipinski definition) is 1. The second-order valence-corrected chi connectivity index (χ2v) is 5.45.